The Morgan fingerprint density at radius 2 is 1.87 bits per heavy atom. The van der Waals surface area contributed by atoms with Crippen molar-refractivity contribution in [1.29, 1.82) is 0 Å². The van der Waals surface area contributed by atoms with E-state index in [1.165, 1.54) is 5.57 Å². The van der Waals surface area contributed by atoms with Crippen molar-refractivity contribution in [1.82, 2.24) is 0 Å². The van der Waals surface area contributed by atoms with Gasteiger partial charge in [0.2, 0.25) is 0 Å². The zero-order chi connectivity index (χ0) is 22.9. The molecule has 3 atom stereocenters. The van der Waals surface area contributed by atoms with Crippen LogP contribution in [0.1, 0.15) is 66.7 Å². The summed E-state index contributed by atoms with van der Waals surface area (Å²) in [4.78, 5) is 11.8. The second-order valence-corrected chi connectivity index (χ2v) is 9.15. The molecule has 2 N–H and O–H groups in total. The molecule has 0 amide bonds. The van der Waals surface area contributed by atoms with Crippen LogP contribution in [0.3, 0.4) is 0 Å². The first-order valence-corrected chi connectivity index (χ1v) is 10.7. The number of aliphatic hydroxyl groups is 2. The van der Waals surface area contributed by atoms with Gasteiger partial charge in [0.1, 0.15) is 0 Å². The number of hydrogen-bond acceptors (Lipinski definition) is 5. The number of carbonyl (C=O) groups excluding carboxylic acids is 1. The van der Waals surface area contributed by atoms with Crippen LogP contribution in [0.15, 0.2) is 47.6 Å². The molecular formula is C25H40O5. The molecule has 0 aromatic heterocycles. The van der Waals surface area contributed by atoms with E-state index < -0.39 is 11.9 Å². The summed E-state index contributed by atoms with van der Waals surface area (Å²) in [6, 6.07) is 0. The normalized spacial score (nSPS) is 23.6. The number of aliphatic hydroxyl groups excluding tert-OH is 1. The molecule has 0 bridgehead atoms. The van der Waals surface area contributed by atoms with Gasteiger partial charge in [-0.25, -0.2) is 0 Å². The van der Waals surface area contributed by atoms with E-state index in [4.69, 9.17) is 9.47 Å². The maximum absolute atomic E-state index is 11.8. The summed E-state index contributed by atoms with van der Waals surface area (Å²) in [6.45, 7) is 17.5. The number of fused-ring (bicyclic) bond motifs is 1. The van der Waals surface area contributed by atoms with Crippen LogP contribution in [0.4, 0.5) is 0 Å². The van der Waals surface area contributed by atoms with Crippen LogP contribution >= 0.6 is 0 Å². The highest BCUT2D eigenvalue weighted by Crippen LogP contribution is 2.34. The monoisotopic (exact) mass is 420 g/mol. The van der Waals surface area contributed by atoms with Crippen molar-refractivity contribution in [3.63, 3.8) is 0 Å². The molecule has 30 heavy (non-hydrogen) atoms. The highest BCUT2D eigenvalue weighted by Gasteiger charge is 2.36. The molecule has 2 aliphatic rings. The molecule has 5 nitrogen and oxygen atoms in total. The molecule has 1 aliphatic heterocycles. The van der Waals surface area contributed by atoms with Gasteiger partial charge in [0.25, 0.3) is 0 Å². The fraction of sp³-hybridized carbons (Fsp3) is 0.640. The number of rotatable bonds is 9. The van der Waals surface area contributed by atoms with Crippen molar-refractivity contribution in [3.8, 4) is 0 Å². The molecule has 2 unspecified atom stereocenters. The third kappa shape index (κ3) is 9.98. The largest absolute Gasteiger partial charge is 0.392 e. The summed E-state index contributed by atoms with van der Waals surface area (Å²) >= 11 is 0. The molecule has 0 saturated heterocycles. The zero-order valence-electron chi connectivity index (χ0n) is 19.4. The number of allylic oxidation sites excluding steroid dienone is 2. The first-order valence-electron chi connectivity index (χ1n) is 10.7. The standard InChI is InChI=1S/C16H22O4.C9H18O/c1-10(2)4-5-19-16-7-12(9-17)13-8-14(18)11(3)6-15(13)20-16;1-8(2)6-5-7-9(3,4)10/h6-7,13,15-17H,1,4-5,8-9H2,2-3H3;10H,1,5-7H2,2-4H3/t13?,15-,16?;/m1./s1. The Morgan fingerprint density at radius 3 is 2.40 bits per heavy atom. The Labute approximate surface area is 182 Å². The number of hydrogen-bond donors (Lipinski definition) is 2. The first kappa shape index (κ1) is 26.5. The predicted molar refractivity (Wildman–Crippen MR) is 121 cm³/mol. The van der Waals surface area contributed by atoms with Gasteiger partial charge in [0, 0.05) is 12.3 Å². The van der Waals surface area contributed by atoms with Gasteiger partial charge in [-0.1, -0.05) is 11.1 Å². The van der Waals surface area contributed by atoms with Crippen LogP contribution in [0.2, 0.25) is 0 Å². The van der Waals surface area contributed by atoms with Gasteiger partial charge in [0.15, 0.2) is 12.1 Å². The van der Waals surface area contributed by atoms with Gasteiger partial charge in [-0.15, -0.1) is 13.2 Å². The summed E-state index contributed by atoms with van der Waals surface area (Å²) < 4.78 is 11.5. The first-order chi connectivity index (χ1) is 13.9. The third-order valence-corrected chi connectivity index (χ3v) is 5.16. The lowest BCUT2D eigenvalue weighted by molar-refractivity contribution is -0.153. The van der Waals surface area contributed by atoms with Crippen molar-refractivity contribution in [3.05, 3.63) is 47.6 Å². The molecule has 1 heterocycles. The fourth-order valence-electron chi connectivity index (χ4n) is 3.33. The summed E-state index contributed by atoms with van der Waals surface area (Å²) in [5.74, 6) is 0.0630. The second kappa shape index (κ2) is 12.4. The van der Waals surface area contributed by atoms with Gasteiger partial charge in [-0.05, 0) is 83.6 Å². The molecule has 2 rings (SSSR count). The Kier molecular flexibility index (Phi) is 10.9. The van der Waals surface area contributed by atoms with Gasteiger partial charge >= 0.3 is 0 Å². The maximum Gasteiger partial charge on any atom is 0.177 e. The van der Waals surface area contributed by atoms with Gasteiger partial charge in [0.05, 0.1) is 24.9 Å². The number of ether oxygens (including phenoxy) is 2. The van der Waals surface area contributed by atoms with Crippen molar-refractivity contribution in [2.45, 2.75) is 84.7 Å². The molecule has 0 fully saturated rings. The topological polar surface area (TPSA) is 76.0 Å². The molecule has 5 heteroatoms. The lowest BCUT2D eigenvalue weighted by Crippen LogP contribution is -2.39. The molecule has 1 aliphatic carbocycles. The summed E-state index contributed by atoms with van der Waals surface area (Å²) in [6.07, 6.45) is 7.10. The highest BCUT2D eigenvalue weighted by molar-refractivity contribution is 5.96. The summed E-state index contributed by atoms with van der Waals surface area (Å²) in [7, 11) is 0. The quantitative estimate of drug-likeness (QED) is 0.531. The SMILES string of the molecule is C=C(C)CCCC(C)(C)O.C=C(C)CCOC1C=C(CO)C2CC(=O)C(C)=C[C@H]2O1. The van der Waals surface area contributed by atoms with Crippen LogP contribution in [-0.2, 0) is 14.3 Å². The Balaban J connectivity index is 0.000000382. The average Bonchev–Trinajstić information content (AvgIpc) is 2.61. The van der Waals surface area contributed by atoms with E-state index in [9.17, 15) is 15.0 Å². The van der Waals surface area contributed by atoms with Crippen LogP contribution < -0.4 is 0 Å². The van der Waals surface area contributed by atoms with E-state index in [1.54, 1.807) is 13.0 Å². The van der Waals surface area contributed by atoms with Crippen molar-refractivity contribution >= 4 is 5.78 Å². The van der Waals surface area contributed by atoms with Crippen LogP contribution in [-0.4, -0.2) is 47.2 Å². The molecule has 0 saturated carbocycles. The van der Waals surface area contributed by atoms with E-state index in [0.29, 0.717) is 13.0 Å². The van der Waals surface area contributed by atoms with Crippen LogP contribution in [0.25, 0.3) is 0 Å². The zero-order valence-corrected chi connectivity index (χ0v) is 19.4. The van der Waals surface area contributed by atoms with Gasteiger partial charge in [-0.3, -0.25) is 4.79 Å². The maximum atomic E-state index is 11.8. The Bertz CT molecular complexity index is 666. The molecule has 170 valence electrons. The lowest BCUT2D eigenvalue weighted by Gasteiger charge is -2.36. The fourth-order valence-corrected chi connectivity index (χ4v) is 3.33. The number of carbonyl (C=O) groups is 1. The van der Waals surface area contributed by atoms with E-state index in [2.05, 4.69) is 13.2 Å². The Morgan fingerprint density at radius 1 is 1.23 bits per heavy atom. The highest BCUT2D eigenvalue weighted by atomic mass is 16.7. The second-order valence-electron chi connectivity index (χ2n) is 9.15. The Hall–Kier alpha value is -1.53. The number of ketones is 1. The van der Waals surface area contributed by atoms with Crippen molar-refractivity contribution < 1.29 is 24.5 Å². The van der Waals surface area contributed by atoms with Gasteiger partial charge < -0.3 is 19.7 Å². The van der Waals surface area contributed by atoms with Crippen LogP contribution in [0, 0.1) is 5.92 Å². The predicted octanol–water partition coefficient (Wildman–Crippen LogP) is 4.65. The lowest BCUT2D eigenvalue weighted by atomic mass is 9.80. The third-order valence-electron chi connectivity index (χ3n) is 5.16. The molecule has 0 radical (unpaired) electrons. The van der Waals surface area contributed by atoms with E-state index >= 15 is 0 Å². The van der Waals surface area contributed by atoms with E-state index in [1.807, 2.05) is 33.8 Å². The summed E-state index contributed by atoms with van der Waals surface area (Å²) in [5.41, 5.74) is 3.31. The van der Waals surface area contributed by atoms with Crippen LogP contribution in [0.5, 0.6) is 0 Å². The van der Waals surface area contributed by atoms with Crippen molar-refractivity contribution in [2.75, 3.05) is 13.2 Å². The smallest absolute Gasteiger partial charge is 0.177 e. The van der Waals surface area contributed by atoms with E-state index in [-0.39, 0.29) is 24.4 Å². The summed E-state index contributed by atoms with van der Waals surface area (Å²) in [5, 5.41) is 18.8. The van der Waals surface area contributed by atoms with Crippen molar-refractivity contribution in [2.24, 2.45) is 5.92 Å². The number of Topliss-reactive ketones (excluding diaryl/α,β-unsaturated/α-hetero) is 1. The molecule has 0 spiro atoms. The van der Waals surface area contributed by atoms with Gasteiger partial charge in [-0.2, -0.15) is 0 Å². The molecular weight excluding hydrogens is 380 g/mol. The van der Waals surface area contributed by atoms with E-state index in [0.717, 1.165) is 42.4 Å². The molecule has 0 aromatic rings. The minimum atomic E-state index is -0.505. The minimum absolute atomic E-state index is 0.0582. The minimum Gasteiger partial charge on any atom is -0.392 e. The molecule has 0 aromatic carbocycles. The average molecular weight is 421 g/mol.